The summed E-state index contributed by atoms with van der Waals surface area (Å²) in [5, 5.41) is 5.91. The molecule has 0 fully saturated rings. The molecule has 0 unspecified atom stereocenters. The Morgan fingerprint density at radius 2 is 1.59 bits per heavy atom. The van der Waals surface area contributed by atoms with Crippen molar-refractivity contribution in [2.75, 3.05) is 20.2 Å². The number of carbonyl (C=O) groups excluding carboxylic acids is 1. The van der Waals surface area contributed by atoms with Crippen molar-refractivity contribution >= 4 is 6.09 Å². The zero-order valence-corrected chi connectivity index (χ0v) is 20.4. The van der Waals surface area contributed by atoms with Gasteiger partial charge in [0.15, 0.2) is 0 Å². The van der Waals surface area contributed by atoms with E-state index >= 15 is 0 Å². The Morgan fingerprint density at radius 1 is 0.824 bits per heavy atom. The van der Waals surface area contributed by atoms with Crippen molar-refractivity contribution in [3.05, 3.63) is 83.9 Å². The van der Waals surface area contributed by atoms with Crippen LogP contribution < -0.4 is 20.1 Å². The van der Waals surface area contributed by atoms with E-state index in [-0.39, 0.29) is 0 Å². The lowest BCUT2D eigenvalue weighted by Gasteiger charge is -2.19. The van der Waals surface area contributed by atoms with Gasteiger partial charge in [-0.1, -0.05) is 42.5 Å². The summed E-state index contributed by atoms with van der Waals surface area (Å²) < 4.78 is 17.2. The van der Waals surface area contributed by atoms with Crippen molar-refractivity contribution in [1.82, 2.24) is 10.6 Å². The van der Waals surface area contributed by atoms with Crippen LogP contribution in [-0.2, 0) is 17.9 Å². The first-order valence-electron chi connectivity index (χ1n) is 11.5. The van der Waals surface area contributed by atoms with Crippen molar-refractivity contribution in [1.29, 1.82) is 0 Å². The summed E-state index contributed by atoms with van der Waals surface area (Å²) in [5.41, 5.74) is 3.78. The van der Waals surface area contributed by atoms with Gasteiger partial charge in [-0.15, -0.1) is 0 Å². The number of hydrogen-bond donors (Lipinski definition) is 2. The predicted molar refractivity (Wildman–Crippen MR) is 135 cm³/mol. The number of nitrogens with one attached hydrogen (secondary N) is 2. The Bertz CT molecular complexity index is 1060. The Kier molecular flexibility index (Phi) is 8.93. The molecule has 34 heavy (non-hydrogen) atoms. The third kappa shape index (κ3) is 8.45. The minimum atomic E-state index is -0.527. The second kappa shape index (κ2) is 12.1. The van der Waals surface area contributed by atoms with Gasteiger partial charge in [-0.2, -0.15) is 0 Å². The van der Waals surface area contributed by atoms with Crippen LogP contribution in [0.25, 0.3) is 11.1 Å². The van der Waals surface area contributed by atoms with Gasteiger partial charge in [0.2, 0.25) is 0 Å². The van der Waals surface area contributed by atoms with Crippen LogP contribution in [0.5, 0.6) is 11.5 Å². The minimum absolute atomic E-state index is 0.335. The minimum Gasteiger partial charge on any atom is -0.492 e. The topological polar surface area (TPSA) is 68.8 Å². The SMILES string of the molecule is CNCc1cc(OCCNC(=O)OC(C)(C)C)cc(-c2cccc(OCc3ccccc3)c2)c1. The van der Waals surface area contributed by atoms with Crippen LogP contribution in [-0.4, -0.2) is 31.9 Å². The van der Waals surface area contributed by atoms with Gasteiger partial charge in [-0.05, 0) is 80.4 Å². The Morgan fingerprint density at radius 3 is 2.32 bits per heavy atom. The lowest BCUT2D eigenvalue weighted by molar-refractivity contribution is 0.0520. The maximum atomic E-state index is 11.8. The molecule has 0 aliphatic heterocycles. The third-order valence-corrected chi connectivity index (χ3v) is 4.80. The van der Waals surface area contributed by atoms with Gasteiger partial charge in [0.05, 0.1) is 6.54 Å². The van der Waals surface area contributed by atoms with Crippen LogP contribution in [0.4, 0.5) is 4.79 Å². The van der Waals surface area contributed by atoms with Crippen molar-refractivity contribution in [2.24, 2.45) is 0 Å². The summed E-state index contributed by atoms with van der Waals surface area (Å²) >= 11 is 0. The molecule has 0 spiro atoms. The molecule has 2 N–H and O–H groups in total. The molecule has 0 aromatic heterocycles. The average molecular weight is 463 g/mol. The zero-order valence-electron chi connectivity index (χ0n) is 20.4. The number of hydrogen-bond acceptors (Lipinski definition) is 5. The van der Waals surface area contributed by atoms with E-state index in [1.54, 1.807) is 0 Å². The second-order valence-corrected chi connectivity index (χ2v) is 8.98. The molecule has 0 aliphatic carbocycles. The number of benzene rings is 3. The molecular weight excluding hydrogens is 428 g/mol. The molecule has 0 heterocycles. The van der Waals surface area contributed by atoms with E-state index in [4.69, 9.17) is 14.2 Å². The molecule has 3 aromatic carbocycles. The lowest BCUT2D eigenvalue weighted by atomic mass is 10.0. The Labute approximate surface area is 202 Å². The molecule has 0 atom stereocenters. The van der Waals surface area contributed by atoms with E-state index in [1.807, 2.05) is 88.5 Å². The van der Waals surface area contributed by atoms with E-state index in [9.17, 15) is 4.79 Å². The number of amides is 1. The molecule has 0 saturated heterocycles. The van der Waals surface area contributed by atoms with Gasteiger partial charge >= 0.3 is 6.09 Å². The van der Waals surface area contributed by atoms with Gasteiger partial charge in [0, 0.05) is 6.54 Å². The fourth-order valence-electron chi connectivity index (χ4n) is 3.36. The second-order valence-electron chi connectivity index (χ2n) is 8.98. The summed E-state index contributed by atoms with van der Waals surface area (Å²) in [6, 6.07) is 24.3. The van der Waals surface area contributed by atoms with Gasteiger partial charge < -0.3 is 24.8 Å². The zero-order chi connectivity index (χ0) is 24.4. The van der Waals surface area contributed by atoms with Crippen LogP contribution >= 0.6 is 0 Å². The first-order chi connectivity index (χ1) is 16.3. The number of rotatable bonds is 10. The lowest BCUT2D eigenvalue weighted by Crippen LogP contribution is -2.34. The normalized spacial score (nSPS) is 11.1. The van der Waals surface area contributed by atoms with E-state index in [2.05, 4.69) is 22.8 Å². The van der Waals surface area contributed by atoms with Crippen molar-refractivity contribution in [2.45, 2.75) is 39.5 Å². The standard InChI is InChI=1S/C28H34N2O4/c1-28(2,3)34-27(31)30-13-14-32-26-16-22(19-29-4)15-24(18-26)23-11-8-12-25(17-23)33-20-21-9-6-5-7-10-21/h5-12,15-18,29H,13-14,19-20H2,1-4H3,(H,30,31). The molecule has 3 aromatic rings. The van der Waals surface area contributed by atoms with Crippen molar-refractivity contribution in [3.8, 4) is 22.6 Å². The molecule has 0 saturated carbocycles. The van der Waals surface area contributed by atoms with Gasteiger partial charge in [0.1, 0.15) is 30.3 Å². The largest absolute Gasteiger partial charge is 0.492 e. The molecule has 1 amide bonds. The van der Waals surface area contributed by atoms with E-state index in [1.165, 1.54) is 0 Å². The van der Waals surface area contributed by atoms with E-state index < -0.39 is 11.7 Å². The molecular formula is C28H34N2O4. The average Bonchev–Trinajstić information content (AvgIpc) is 2.80. The highest BCUT2D eigenvalue weighted by atomic mass is 16.6. The summed E-state index contributed by atoms with van der Waals surface area (Å²) in [6.45, 7) is 7.41. The Balaban J connectivity index is 1.66. The Hall–Kier alpha value is -3.51. The quantitative estimate of drug-likeness (QED) is 0.386. The molecule has 0 radical (unpaired) electrons. The van der Waals surface area contributed by atoms with Crippen LogP contribution in [0.3, 0.4) is 0 Å². The third-order valence-electron chi connectivity index (χ3n) is 4.80. The van der Waals surface area contributed by atoms with Gasteiger partial charge in [0.25, 0.3) is 0 Å². The van der Waals surface area contributed by atoms with Gasteiger partial charge in [-0.3, -0.25) is 0 Å². The highest BCUT2D eigenvalue weighted by molar-refractivity contribution is 5.68. The molecule has 0 bridgehead atoms. The van der Waals surface area contributed by atoms with Gasteiger partial charge in [-0.25, -0.2) is 4.79 Å². The smallest absolute Gasteiger partial charge is 0.407 e. The van der Waals surface area contributed by atoms with Crippen molar-refractivity contribution < 1.29 is 19.0 Å². The number of carbonyl (C=O) groups is 1. The predicted octanol–water partition coefficient (Wildman–Crippen LogP) is 5.56. The van der Waals surface area contributed by atoms with E-state index in [0.717, 1.165) is 33.8 Å². The first kappa shape index (κ1) is 25.1. The summed E-state index contributed by atoms with van der Waals surface area (Å²) in [4.78, 5) is 11.8. The fraction of sp³-hybridized carbons (Fsp3) is 0.321. The highest BCUT2D eigenvalue weighted by Gasteiger charge is 2.15. The monoisotopic (exact) mass is 462 g/mol. The van der Waals surface area contributed by atoms with Crippen LogP contribution in [0.1, 0.15) is 31.9 Å². The summed E-state index contributed by atoms with van der Waals surface area (Å²) in [5.74, 6) is 1.55. The highest BCUT2D eigenvalue weighted by Crippen LogP contribution is 2.29. The number of ether oxygens (including phenoxy) is 3. The van der Waals surface area contributed by atoms with Crippen LogP contribution in [0.2, 0.25) is 0 Å². The number of alkyl carbamates (subject to hydrolysis) is 1. The maximum Gasteiger partial charge on any atom is 0.407 e. The summed E-state index contributed by atoms with van der Waals surface area (Å²) in [7, 11) is 1.91. The molecule has 6 heteroatoms. The van der Waals surface area contributed by atoms with Crippen LogP contribution in [0, 0.1) is 0 Å². The molecule has 0 aliphatic rings. The molecule has 180 valence electrons. The first-order valence-corrected chi connectivity index (χ1v) is 11.5. The maximum absolute atomic E-state index is 11.8. The summed E-state index contributed by atoms with van der Waals surface area (Å²) in [6.07, 6.45) is -0.451. The van der Waals surface area contributed by atoms with Crippen molar-refractivity contribution in [3.63, 3.8) is 0 Å². The fourth-order valence-corrected chi connectivity index (χ4v) is 3.36. The van der Waals surface area contributed by atoms with E-state index in [0.29, 0.717) is 26.3 Å². The molecule has 3 rings (SSSR count). The molecule has 6 nitrogen and oxygen atoms in total. The van der Waals surface area contributed by atoms with Crippen LogP contribution in [0.15, 0.2) is 72.8 Å².